The molecule has 0 amide bonds. The van der Waals surface area contributed by atoms with Crippen molar-refractivity contribution < 1.29 is 24.8 Å². The lowest BCUT2D eigenvalue weighted by molar-refractivity contribution is -0.208. The fourth-order valence-corrected chi connectivity index (χ4v) is 3.92. The van der Waals surface area contributed by atoms with Crippen LogP contribution in [0.5, 0.6) is 0 Å². The maximum atomic E-state index is 10.0. The first kappa shape index (κ1) is 27.6. The molecule has 0 aliphatic carbocycles. The fourth-order valence-electron chi connectivity index (χ4n) is 3.92. The molecule has 0 saturated carbocycles. The zero-order chi connectivity index (χ0) is 21.9. The van der Waals surface area contributed by atoms with E-state index in [9.17, 15) is 10.2 Å². The summed E-state index contributed by atoms with van der Waals surface area (Å²) in [6.45, 7) is 2.77. The number of aliphatic hydroxyl groups excluding tert-OH is 3. The number of ether oxygens (including phenoxy) is 2. The summed E-state index contributed by atoms with van der Waals surface area (Å²) in [4.78, 5) is 0. The first-order valence-corrected chi connectivity index (χ1v) is 12.6. The Hall–Kier alpha value is -0.460. The Morgan fingerprint density at radius 1 is 0.767 bits per heavy atom. The minimum Gasteiger partial charge on any atom is -0.394 e. The third kappa shape index (κ3) is 13.1. The zero-order valence-corrected chi connectivity index (χ0v) is 19.4. The highest BCUT2D eigenvalue weighted by molar-refractivity contribution is 4.87. The van der Waals surface area contributed by atoms with Crippen LogP contribution in [0.1, 0.15) is 103 Å². The quantitative estimate of drug-likeness (QED) is 0.201. The van der Waals surface area contributed by atoms with E-state index in [1.165, 1.54) is 83.5 Å². The van der Waals surface area contributed by atoms with Crippen LogP contribution in [0.4, 0.5) is 0 Å². The highest BCUT2D eigenvalue weighted by atomic mass is 16.6. The van der Waals surface area contributed by atoms with E-state index in [4.69, 9.17) is 14.6 Å². The average Bonchev–Trinajstić information content (AvgIpc) is 2.75. The van der Waals surface area contributed by atoms with E-state index >= 15 is 0 Å². The SMILES string of the molecule is CCCCCCCCC/C=C/CCCCCCCCO[C@H]1CO[C@H](CO)[C@@H](O)[C@@H]1O. The summed E-state index contributed by atoms with van der Waals surface area (Å²) in [5.41, 5.74) is 0. The van der Waals surface area contributed by atoms with E-state index in [-0.39, 0.29) is 13.2 Å². The summed E-state index contributed by atoms with van der Waals surface area (Å²) < 4.78 is 11.0. The topological polar surface area (TPSA) is 79.2 Å². The number of hydrogen-bond donors (Lipinski definition) is 3. The summed E-state index contributed by atoms with van der Waals surface area (Å²) in [5.74, 6) is 0. The van der Waals surface area contributed by atoms with Crippen molar-refractivity contribution in [2.45, 2.75) is 128 Å². The molecular formula is C25H48O5. The minimum absolute atomic E-state index is 0.218. The Morgan fingerprint density at radius 2 is 1.30 bits per heavy atom. The fraction of sp³-hybridized carbons (Fsp3) is 0.920. The lowest BCUT2D eigenvalue weighted by atomic mass is 10.0. The molecule has 5 heteroatoms. The molecule has 3 N–H and O–H groups in total. The number of rotatable bonds is 19. The number of aliphatic hydroxyl groups is 3. The highest BCUT2D eigenvalue weighted by Crippen LogP contribution is 2.18. The molecule has 1 heterocycles. The molecule has 0 spiro atoms. The van der Waals surface area contributed by atoms with Gasteiger partial charge in [0.15, 0.2) is 0 Å². The van der Waals surface area contributed by atoms with Gasteiger partial charge in [0.1, 0.15) is 24.4 Å². The second-order valence-corrected chi connectivity index (χ2v) is 8.74. The van der Waals surface area contributed by atoms with E-state index in [0.717, 1.165) is 12.8 Å². The van der Waals surface area contributed by atoms with Crippen LogP contribution in [0.3, 0.4) is 0 Å². The van der Waals surface area contributed by atoms with Crippen LogP contribution in [0.25, 0.3) is 0 Å². The molecule has 0 aromatic heterocycles. The van der Waals surface area contributed by atoms with Crippen LogP contribution >= 0.6 is 0 Å². The molecule has 30 heavy (non-hydrogen) atoms. The van der Waals surface area contributed by atoms with Gasteiger partial charge in [0, 0.05) is 6.61 Å². The Bertz CT molecular complexity index is 401. The van der Waals surface area contributed by atoms with Crippen LogP contribution in [0.2, 0.25) is 0 Å². The van der Waals surface area contributed by atoms with Gasteiger partial charge in [-0.1, -0.05) is 83.3 Å². The molecule has 1 rings (SSSR count). The Kier molecular flexibility index (Phi) is 17.7. The van der Waals surface area contributed by atoms with Gasteiger partial charge in [0.2, 0.25) is 0 Å². The van der Waals surface area contributed by atoms with Crippen molar-refractivity contribution in [2.24, 2.45) is 0 Å². The summed E-state index contributed by atoms with van der Waals surface area (Å²) in [5, 5.41) is 28.9. The monoisotopic (exact) mass is 428 g/mol. The second-order valence-electron chi connectivity index (χ2n) is 8.74. The normalized spacial score (nSPS) is 24.7. The molecule has 1 fully saturated rings. The number of unbranched alkanes of at least 4 members (excludes halogenated alkanes) is 13. The molecule has 1 aliphatic heterocycles. The maximum Gasteiger partial charge on any atom is 0.111 e. The molecule has 0 radical (unpaired) electrons. The Balaban J connectivity index is 1.82. The molecule has 0 unspecified atom stereocenters. The largest absolute Gasteiger partial charge is 0.394 e. The maximum absolute atomic E-state index is 10.0. The van der Waals surface area contributed by atoms with Gasteiger partial charge >= 0.3 is 0 Å². The molecule has 0 aromatic carbocycles. The first-order chi connectivity index (χ1) is 14.7. The molecule has 4 atom stereocenters. The van der Waals surface area contributed by atoms with Gasteiger partial charge in [0.25, 0.3) is 0 Å². The second kappa shape index (κ2) is 19.2. The van der Waals surface area contributed by atoms with Gasteiger partial charge in [-0.15, -0.1) is 0 Å². The predicted octanol–water partition coefficient (Wildman–Crippen LogP) is 4.91. The standard InChI is InChI=1S/C25H48O5/c1-2-3-4-5-6-7-8-9-10-11-12-13-14-15-16-17-18-19-29-23-21-30-22(20-26)24(27)25(23)28/h10-11,22-28H,2-9,12-21H2,1H3/b11-10+/t22-,23+,24-,25-/m1/s1. The van der Waals surface area contributed by atoms with Gasteiger partial charge in [0.05, 0.1) is 13.2 Å². The molecule has 0 aromatic rings. The first-order valence-electron chi connectivity index (χ1n) is 12.6. The molecular weight excluding hydrogens is 380 g/mol. The smallest absolute Gasteiger partial charge is 0.111 e. The lowest BCUT2D eigenvalue weighted by Crippen LogP contribution is -2.55. The summed E-state index contributed by atoms with van der Waals surface area (Å²) in [7, 11) is 0. The van der Waals surface area contributed by atoms with Crippen LogP contribution in [0.15, 0.2) is 12.2 Å². The molecule has 1 saturated heterocycles. The van der Waals surface area contributed by atoms with E-state index in [2.05, 4.69) is 19.1 Å². The van der Waals surface area contributed by atoms with Gasteiger partial charge in [-0.25, -0.2) is 0 Å². The van der Waals surface area contributed by atoms with E-state index < -0.39 is 24.4 Å². The molecule has 1 aliphatic rings. The molecule has 178 valence electrons. The van der Waals surface area contributed by atoms with Gasteiger partial charge in [-0.3, -0.25) is 0 Å². The summed E-state index contributed by atoms with van der Waals surface area (Å²) in [6, 6.07) is 0. The van der Waals surface area contributed by atoms with Gasteiger partial charge in [-0.2, -0.15) is 0 Å². The molecule has 5 nitrogen and oxygen atoms in total. The van der Waals surface area contributed by atoms with E-state index in [0.29, 0.717) is 6.61 Å². The van der Waals surface area contributed by atoms with Crippen molar-refractivity contribution in [1.82, 2.24) is 0 Å². The van der Waals surface area contributed by atoms with Crippen LogP contribution in [-0.4, -0.2) is 59.6 Å². The molecule has 0 bridgehead atoms. The average molecular weight is 429 g/mol. The lowest BCUT2D eigenvalue weighted by Gasteiger charge is -2.36. The van der Waals surface area contributed by atoms with Crippen molar-refractivity contribution in [3.05, 3.63) is 12.2 Å². The van der Waals surface area contributed by atoms with Crippen molar-refractivity contribution >= 4 is 0 Å². The third-order valence-corrected chi connectivity index (χ3v) is 6.00. The van der Waals surface area contributed by atoms with Crippen LogP contribution in [-0.2, 0) is 9.47 Å². The highest BCUT2D eigenvalue weighted by Gasteiger charge is 2.38. The van der Waals surface area contributed by atoms with Crippen molar-refractivity contribution in [1.29, 1.82) is 0 Å². The van der Waals surface area contributed by atoms with E-state index in [1.54, 1.807) is 0 Å². The van der Waals surface area contributed by atoms with Crippen molar-refractivity contribution in [3.63, 3.8) is 0 Å². The summed E-state index contributed by atoms with van der Waals surface area (Å²) >= 11 is 0. The Morgan fingerprint density at radius 3 is 1.87 bits per heavy atom. The Labute approximate surface area is 184 Å². The number of hydrogen-bond acceptors (Lipinski definition) is 5. The zero-order valence-electron chi connectivity index (χ0n) is 19.4. The van der Waals surface area contributed by atoms with Crippen LogP contribution < -0.4 is 0 Å². The predicted molar refractivity (Wildman–Crippen MR) is 123 cm³/mol. The third-order valence-electron chi connectivity index (χ3n) is 6.00. The van der Waals surface area contributed by atoms with Crippen LogP contribution in [0, 0.1) is 0 Å². The van der Waals surface area contributed by atoms with Crippen molar-refractivity contribution in [2.75, 3.05) is 19.8 Å². The summed E-state index contributed by atoms with van der Waals surface area (Å²) in [6.07, 6.45) is 20.7. The number of allylic oxidation sites excluding steroid dienone is 2. The minimum atomic E-state index is -1.08. The van der Waals surface area contributed by atoms with Gasteiger partial charge in [-0.05, 0) is 32.1 Å². The van der Waals surface area contributed by atoms with Gasteiger partial charge < -0.3 is 24.8 Å². The van der Waals surface area contributed by atoms with Crippen molar-refractivity contribution in [3.8, 4) is 0 Å². The van der Waals surface area contributed by atoms with E-state index in [1.807, 2.05) is 0 Å².